The Hall–Kier alpha value is -2.16. The molecule has 1 amide bonds. The summed E-state index contributed by atoms with van der Waals surface area (Å²) in [6, 6.07) is 5.64. The third-order valence-electron chi connectivity index (χ3n) is 3.43. The van der Waals surface area contributed by atoms with E-state index in [2.05, 4.69) is 15.6 Å². The molecule has 0 fully saturated rings. The molecule has 1 aliphatic rings. The maximum absolute atomic E-state index is 12.1. The molecule has 0 saturated heterocycles. The van der Waals surface area contributed by atoms with Crippen LogP contribution in [0.1, 0.15) is 10.5 Å². The lowest BCUT2D eigenvalue weighted by atomic mass is 10.2. The summed E-state index contributed by atoms with van der Waals surface area (Å²) in [7, 11) is 1.66. The van der Waals surface area contributed by atoms with E-state index in [4.69, 9.17) is 14.2 Å². The van der Waals surface area contributed by atoms with Gasteiger partial charge in [-0.15, -0.1) is 11.3 Å². The molecule has 8 heteroatoms. The minimum absolute atomic E-state index is 0.174. The number of hydrogen-bond acceptors (Lipinski definition) is 7. The lowest BCUT2D eigenvalue weighted by molar-refractivity contribution is 0.0949. The fourth-order valence-corrected chi connectivity index (χ4v) is 2.99. The molecular weight excluding hydrogens is 330 g/mol. The maximum atomic E-state index is 12.1. The van der Waals surface area contributed by atoms with Crippen molar-refractivity contribution in [2.24, 2.45) is 0 Å². The number of amides is 1. The van der Waals surface area contributed by atoms with Crippen LogP contribution in [-0.4, -0.2) is 51.0 Å². The normalized spacial score (nSPS) is 12.4. The van der Waals surface area contributed by atoms with Crippen LogP contribution in [0.3, 0.4) is 0 Å². The van der Waals surface area contributed by atoms with E-state index in [0.717, 1.165) is 22.9 Å². The van der Waals surface area contributed by atoms with Gasteiger partial charge in [0.05, 0.1) is 6.61 Å². The van der Waals surface area contributed by atoms with Crippen molar-refractivity contribution in [1.29, 1.82) is 0 Å². The number of carbonyl (C=O) groups excluding carboxylic acids is 1. The van der Waals surface area contributed by atoms with Crippen molar-refractivity contribution >= 4 is 17.2 Å². The smallest absolute Gasteiger partial charge is 0.270 e. The first-order valence-electron chi connectivity index (χ1n) is 7.61. The molecule has 2 heterocycles. The molecule has 2 N–H and O–H groups in total. The summed E-state index contributed by atoms with van der Waals surface area (Å²) in [6.45, 7) is 2.88. The van der Waals surface area contributed by atoms with E-state index in [1.165, 1.54) is 11.3 Å². The van der Waals surface area contributed by atoms with Crippen LogP contribution in [0.5, 0.6) is 11.5 Å². The number of nitrogens with one attached hydrogen (secondary N) is 2. The molecular formula is C16H19N3O4S. The van der Waals surface area contributed by atoms with E-state index >= 15 is 0 Å². The molecule has 24 heavy (non-hydrogen) atoms. The minimum Gasteiger partial charge on any atom is -0.454 e. The average molecular weight is 349 g/mol. The molecule has 128 valence electrons. The Morgan fingerprint density at radius 1 is 1.29 bits per heavy atom. The molecule has 1 aromatic heterocycles. The molecule has 1 aromatic carbocycles. The molecule has 0 atom stereocenters. The van der Waals surface area contributed by atoms with Crippen molar-refractivity contribution < 1.29 is 19.0 Å². The monoisotopic (exact) mass is 349 g/mol. The molecule has 0 unspecified atom stereocenters. The van der Waals surface area contributed by atoms with Crippen molar-refractivity contribution in [2.75, 3.05) is 40.1 Å². The topological polar surface area (TPSA) is 81.7 Å². The van der Waals surface area contributed by atoms with E-state index in [0.29, 0.717) is 31.1 Å². The summed E-state index contributed by atoms with van der Waals surface area (Å²) in [4.78, 5) is 16.5. The number of fused-ring (bicyclic) bond motifs is 1. The number of nitrogens with zero attached hydrogens (tertiary/aromatic N) is 1. The van der Waals surface area contributed by atoms with Crippen molar-refractivity contribution in [3.8, 4) is 22.1 Å². The zero-order valence-corrected chi connectivity index (χ0v) is 14.1. The van der Waals surface area contributed by atoms with Crippen LogP contribution in [0.4, 0.5) is 0 Å². The Morgan fingerprint density at radius 3 is 3.04 bits per heavy atom. The first-order valence-corrected chi connectivity index (χ1v) is 8.49. The summed E-state index contributed by atoms with van der Waals surface area (Å²) in [6.07, 6.45) is 0. The number of methoxy groups -OCH3 is 1. The van der Waals surface area contributed by atoms with Gasteiger partial charge in [0.2, 0.25) is 6.79 Å². The van der Waals surface area contributed by atoms with E-state index in [1.54, 1.807) is 12.5 Å². The summed E-state index contributed by atoms with van der Waals surface area (Å²) < 4.78 is 15.6. The Labute approximate surface area is 143 Å². The Kier molecular flexibility index (Phi) is 5.63. The van der Waals surface area contributed by atoms with Crippen LogP contribution >= 0.6 is 11.3 Å². The van der Waals surface area contributed by atoms with Crippen LogP contribution < -0.4 is 20.1 Å². The van der Waals surface area contributed by atoms with Crippen molar-refractivity contribution in [3.05, 3.63) is 29.3 Å². The van der Waals surface area contributed by atoms with Crippen LogP contribution in [-0.2, 0) is 4.74 Å². The molecule has 7 nitrogen and oxygen atoms in total. The Balaban J connectivity index is 1.54. The maximum Gasteiger partial charge on any atom is 0.270 e. The van der Waals surface area contributed by atoms with E-state index in [-0.39, 0.29) is 12.7 Å². The minimum atomic E-state index is -0.174. The molecule has 0 bridgehead atoms. The Morgan fingerprint density at radius 2 is 2.17 bits per heavy atom. The van der Waals surface area contributed by atoms with Gasteiger partial charge in [-0.25, -0.2) is 4.98 Å². The zero-order valence-electron chi connectivity index (χ0n) is 13.3. The van der Waals surface area contributed by atoms with E-state index < -0.39 is 0 Å². The van der Waals surface area contributed by atoms with Gasteiger partial charge in [-0.2, -0.15) is 0 Å². The number of aromatic nitrogens is 1. The van der Waals surface area contributed by atoms with Crippen LogP contribution in [0.2, 0.25) is 0 Å². The van der Waals surface area contributed by atoms with Crippen LogP contribution in [0.15, 0.2) is 23.6 Å². The Bertz CT molecular complexity index is 704. The molecule has 2 aromatic rings. The van der Waals surface area contributed by atoms with Gasteiger partial charge >= 0.3 is 0 Å². The van der Waals surface area contributed by atoms with Gasteiger partial charge in [-0.1, -0.05) is 0 Å². The van der Waals surface area contributed by atoms with Crippen molar-refractivity contribution in [3.63, 3.8) is 0 Å². The molecule has 1 aliphatic heterocycles. The highest BCUT2D eigenvalue weighted by Crippen LogP contribution is 2.36. The SMILES string of the molecule is COCCNCCNC(=O)c1csc(-c2ccc3c(c2)OCO3)n1. The lowest BCUT2D eigenvalue weighted by Crippen LogP contribution is -2.33. The molecule has 3 rings (SSSR count). The summed E-state index contributed by atoms with van der Waals surface area (Å²) in [5, 5.41) is 8.54. The largest absolute Gasteiger partial charge is 0.454 e. The van der Waals surface area contributed by atoms with Gasteiger partial charge in [-0.05, 0) is 18.2 Å². The molecule has 0 saturated carbocycles. The van der Waals surface area contributed by atoms with Crippen molar-refractivity contribution in [2.45, 2.75) is 0 Å². The molecule has 0 spiro atoms. The second-order valence-corrected chi connectivity index (χ2v) is 5.96. The number of hydrogen-bond donors (Lipinski definition) is 2. The molecule has 0 aliphatic carbocycles. The molecule has 0 radical (unpaired) electrons. The van der Waals surface area contributed by atoms with Crippen molar-refractivity contribution in [1.82, 2.24) is 15.6 Å². The first-order chi connectivity index (χ1) is 11.8. The van der Waals surface area contributed by atoms with Gasteiger partial charge in [0.15, 0.2) is 11.5 Å². The number of ether oxygens (including phenoxy) is 3. The third-order valence-corrected chi connectivity index (χ3v) is 4.32. The van der Waals surface area contributed by atoms with E-state index in [1.807, 2.05) is 18.2 Å². The fourth-order valence-electron chi connectivity index (χ4n) is 2.19. The first kappa shape index (κ1) is 16.7. The number of carbonyl (C=O) groups is 1. The van der Waals surface area contributed by atoms with Gasteiger partial charge in [0.25, 0.3) is 5.91 Å². The van der Waals surface area contributed by atoms with E-state index in [9.17, 15) is 4.79 Å². The van der Waals surface area contributed by atoms with Gasteiger partial charge in [0, 0.05) is 37.7 Å². The second kappa shape index (κ2) is 8.09. The number of thiazole rings is 1. The average Bonchev–Trinajstić information content (AvgIpc) is 3.26. The highest BCUT2D eigenvalue weighted by atomic mass is 32.1. The highest BCUT2D eigenvalue weighted by molar-refractivity contribution is 7.13. The van der Waals surface area contributed by atoms with Crippen LogP contribution in [0, 0.1) is 0 Å². The quantitative estimate of drug-likeness (QED) is 0.703. The summed E-state index contributed by atoms with van der Waals surface area (Å²) in [5.74, 6) is 1.26. The fraction of sp³-hybridized carbons (Fsp3) is 0.375. The third kappa shape index (κ3) is 4.02. The summed E-state index contributed by atoms with van der Waals surface area (Å²) in [5.41, 5.74) is 1.33. The van der Waals surface area contributed by atoms with Crippen LogP contribution in [0.25, 0.3) is 10.6 Å². The zero-order chi connectivity index (χ0) is 16.8. The number of benzene rings is 1. The van der Waals surface area contributed by atoms with Gasteiger partial charge in [0.1, 0.15) is 10.7 Å². The second-order valence-electron chi connectivity index (χ2n) is 5.10. The van der Waals surface area contributed by atoms with Gasteiger partial charge in [-0.3, -0.25) is 4.79 Å². The highest BCUT2D eigenvalue weighted by Gasteiger charge is 2.16. The lowest BCUT2D eigenvalue weighted by Gasteiger charge is -2.05. The predicted molar refractivity (Wildman–Crippen MR) is 90.8 cm³/mol. The summed E-state index contributed by atoms with van der Waals surface area (Å²) >= 11 is 1.43. The standard InChI is InChI=1S/C16H19N3O4S/c1-21-7-6-17-4-5-18-15(20)12-9-24-16(19-12)11-2-3-13-14(8-11)23-10-22-13/h2-3,8-9,17H,4-7,10H2,1H3,(H,18,20). The number of rotatable bonds is 8. The van der Waals surface area contributed by atoms with Gasteiger partial charge < -0.3 is 24.8 Å². The predicted octanol–water partition coefficient (Wildman–Crippen LogP) is 1.50.